The Morgan fingerprint density at radius 1 is 1.18 bits per heavy atom. The highest BCUT2D eigenvalue weighted by Gasteiger charge is 2.77. The fourth-order valence-electron chi connectivity index (χ4n) is 8.98. The van der Waals surface area contributed by atoms with E-state index in [9.17, 15) is 19.5 Å². The first kappa shape index (κ1) is 28.0. The standard InChI is InChI=1S/C30H41FN2O6/c1-7-25(36)38-16-24(35)30(39-26(37)8-2)17(3)11-21-20-10-9-19-12-22-18(15-32-33(22)6)13-27(19,4)29(20,31)23(34)14-28(21,30)5/h12,15,17,20-21,23,34H,7-11,13-14,16H2,1-6H3/t17-,20-,21-,23-,27-,28-,29-,30?/m0/s1. The van der Waals surface area contributed by atoms with Gasteiger partial charge in [0.05, 0.1) is 18.0 Å². The molecule has 1 aromatic heterocycles. The van der Waals surface area contributed by atoms with Crippen LogP contribution in [0.5, 0.6) is 0 Å². The summed E-state index contributed by atoms with van der Waals surface area (Å²) < 4.78 is 31.0. The van der Waals surface area contributed by atoms with Gasteiger partial charge in [0.1, 0.15) is 5.67 Å². The number of ether oxygens (including phenoxy) is 2. The number of aliphatic hydroxyl groups excluding tert-OH is 1. The minimum absolute atomic E-state index is 0.0395. The predicted molar refractivity (Wildman–Crippen MR) is 141 cm³/mol. The summed E-state index contributed by atoms with van der Waals surface area (Å²) in [7, 11) is 1.88. The van der Waals surface area contributed by atoms with Crippen LogP contribution in [0.1, 0.15) is 84.4 Å². The van der Waals surface area contributed by atoms with Gasteiger partial charge in [0.2, 0.25) is 5.78 Å². The van der Waals surface area contributed by atoms with Crippen LogP contribution in [0, 0.1) is 28.6 Å². The van der Waals surface area contributed by atoms with Crippen molar-refractivity contribution in [1.82, 2.24) is 9.78 Å². The molecule has 0 radical (unpaired) electrons. The van der Waals surface area contributed by atoms with Gasteiger partial charge < -0.3 is 14.6 Å². The number of ketones is 1. The van der Waals surface area contributed by atoms with Crippen LogP contribution in [0.2, 0.25) is 0 Å². The quantitative estimate of drug-likeness (QED) is 0.537. The summed E-state index contributed by atoms with van der Waals surface area (Å²) in [6.45, 7) is 8.42. The van der Waals surface area contributed by atoms with Crippen molar-refractivity contribution in [2.24, 2.45) is 35.6 Å². The Balaban J connectivity index is 1.58. The second-order valence-electron chi connectivity index (χ2n) is 12.7. The van der Waals surface area contributed by atoms with Crippen molar-refractivity contribution in [2.75, 3.05) is 6.61 Å². The average Bonchev–Trinajstić information content (AvgIpc) is 3.35. The second kappa shape index (κ2) is 9.25. The van der Waals surface area contributed by atoms with Crippen LogP contribution < -0.4 is 0 Å². The highest BCUT2D eigenvalue weighted by atomic mass is 19.1. The Kier molecular flexibility index (Phi) is 6.64. The molecule has 3 fully saturated rings. The van der Waals surface area contributed by atoms with E-state index in [2.05, 4.69) is 5.10 Å². The van der Waals surface area contributed by atoms with Crippen molar-refractivity contribution in [2.45, 2.75) is 96.9 Å². The van der Waals surface area contributed by atoms with Gasteiger partial charge >= 0.3 is 11.9 Å². The van der Waals surface area contributed by atoms with Gasteiger partial charge in [-0.15, -0.1) is 0 Å². The molecular formula is C30H41FN2O6. The zero-order valence-corrected chi connectivity index (χ0v) is 23.9. The summed E-state index contributed by atoms with van der Waals surface area (Å²) in [6.07, 6.45) is 4.68. The topological polar surface area (TPSA) is 108 Å². The number of hydrogen-bond acceptors (Lipinski definition) is 7. The first-order valence-electron chi connectivity index (χ1n) is 14.3. The first-order valence-corrected chi connectivity index (χ1v) is 14.3. The molecule has 0 aromatic carbocycles. The van der Waals surface area contributed by atoms with E-state index >= 15 is 4.39 Å². The van der Waals surface area contributed by atoms with Gasteiger partial charge in [0.25, 0.3) is 0 Å². The van der Waals surface area contributed by atoms with Gasteiger partial charge in [-0.05, 0) is 49.7 Å². The van der Waals surface area contributed by atoms with Crippen molar-refractivity contribution in [3.63, 3.8) is 0 Å². The Hall–Kier alpha value is -2.55. The maximum Gasteiger partial charge on any atom is 0.306 e. The third kappa shape index (κ3) is 3.57. The molecule has 9 heteroatoms. The molecule has 0 aliphatic heterocycles. The number of alkyl halides is 1. The van der Waals surface area contributed by atoms with Crippen LogP contribution in [0.25, 0.3) is 6.08 Å². The lowest BCUT2D eigenvalue weighted by molar-refractivity contribution is -0.234. The van der Waals surface area contributed by atoms with E-state index in [1.807, 2.05) is 33.9 Å². The Labute approximate surface area is 229 Å². The summed E-state index contributed by atoms with van der Waals surface area (Å²) >= 11 is 0. The SMILES string of the molecule is CCC(=O)OCC(=O)C1(OC(=O)CC)[C@@H](C)C[C@H]2[C@@H]3CCC4=Cc5c(cnn5C)C[C@]4(C)[C@@]3(F)[C@@H](O)C[C@@]21C. The molecule has 0 saturated heterocycles. The summed E-state index contributed by atoms with van der Waals surface area (Å²) in [6, 6.07) is 0. The van der Waals surface area contributed by atoms with Gasteiger partial charge in [0, 0.05) is 42.6 Å². The van der Waals surface area contributed by atoms with Crippen LogP contribution >= 0.6 is 0 Å². The molecule has 3 saturated carbocycles. The van der Waals surface area contributed by atoms with Crippen LogP contribution in [0.4, 0.5) is 4.39 Å². The molecule has 8 nitrogen and oxygen atoms in total. The van der Waals surface area contributed by atoms with Crippen molar-refractivity contribution in [3.05, 3.63) is 23.0 Å². The number of rotatable bonds is 6. The minimum Gasteiger partial charge on any atom is -0.457 e. The van der Waals surface area contributed by atoms with E-state index < -0.39 is 64.4 Å². The summed E-state index contributed by atoms with van der Waals surface area (Å²) in [5, 5.41) is 16.2. The normalized spacial score (nSPS) is 40.5. The third-order valence-corrected chi connectivity index (χ3v) is 10.9. The molecule has 214 valence electrons. The van der Waals surface area contributed by atoms with Gasteiger partial charge in [-0.25, -0.2) is 4.39 Å². The van der Waals surface area contributed by atoms with Crippen LogP contribution in [-0.4, -0.2) is 56.6 Å². The number of carbonyl (C=O) groups is 3. The number of Topliss-reactive ketones (excluding diaryl/α,β-unsaturated/α-hetero) is 1. The smallest absolute Gasteiger partial charge is 0.306 e. The third-order valence-electron chi connectivity index (χ3n) is 10.9. The monoisotopic (exact) mass is 544 g/mol. The van der Waals surface area contributed by atoms with Crippen molar-refractivity contribution >= 4 is 23.8 Å². The van der Waals surface area contributed by atoms with Gasteiger partial charge in [-0.3, -0.25) is 19.1 Å². The van der Waals surface area contributed by atoms with E-state index in [1.54, 1.807) is 24.7 Å². The summed E-state index contributed by atoms with van der Waals surface area (Å²) in [4.78, 5) is 38.6. The van der Waals surface area contributed by atoms with E-state index in [-0.39, 0.29) is 25.2 Å². The number of aromatic nitrogens is 2. The largest absolute Gasteiger partial charge is 0.457 e. The zero-order valence-electron chi connectivity index (χ0n) is 23.9. The number of fused-ring (bicyclic) bond motifs is 6. The molecule has 4 aliphatic carbocycles. The summed E-state index contributed by atoms with van der Waals surface area (Å²) in [5.41, 5.74) is -2.59. The Morgan fingerprint density at radius 3 is 2.54 bits per heavy atom. The molecule has 1 heterocycles. The lowest BCUT2D eigenvalue weighted by Crippen LogP contribution is -2.70. The maximum atomic E-state index is 17.9. The van der Waals surface area contributed by atoms with Crippen LogP contribution in [0.15, 0.2) is 11.8 Å². The molecule has 0 spiro atoms. The number of hydrogen-bond donors (Lipinski definition) is 1. The zero-order chi connectivity index (χ0) is 28.5. The van der Waals surface area contributed by atoms with E-state index in [0.29, 0.717) is 25.7 Å². The molecule has 39 heavy (non-hydrogen) atoms. The number of nitrogens with zero attached hydrogens (tertiary/aromatic N) is 2. The van der Waals surface area contributed by atoms with Gasteiger partial charge in [0.15, 0.2) is 12.2 Å². The minimum atomic E-state index is -1.93. The predicted octanol–water partition coefficient (Wildman–Crippen LogP) is 4.13. The number of aliphatic hydroxyl groups is 1. The van der Waals surface area contributed by atoms with Crippen molar-refractivity contribution < 1.29 is 33.4 Å². The number of esters is 2. The maximum absolute atomic E-state index is 17.9. The molecule has 5 rings (SSSR count). The highest BCUT2D eigenvalue weighted by Crippen LogP contribution is 2.72. The van der Waals surface area contributed by atoms with E-state index in [4.69, 9.17) is 9.47 Å². The lowest BCUT2D eigenvalue weighted by Gasteiger charge is -2.63. The number of allylic oxidation sites excluding steroid dienone is 1. The van der Waals surface area contributed by atoms with Gasteiger partial charge in [-0.2, -0.15) is 5.10 Å². The Morgan fingerprint density at radius 2 is 1.87 bits per heavy atom. The molecule has 1 aromatic rings. The van der Waals surface area contributed by atoms with E-state index in [1.165, 1.54) is 0 Å². The molecule has 0 bridgehead atoms. The molecule has 4 aliphatic rings. The fourth-order valence-corrected chi connectivity index (χ4v) is 8.98. The van der Waals surface area contributed by atoms with Gasteiger partial charge in [-0.1, -0.05) is 40.2 Å². The Bertz CT molecular complexity index is 1240. The number of aryl methyl sites for hydroxylation is 1. The molecule has 0 amide bonds. The van der Waals surface area contributed by atoms with Crippen LogP contribution in [0.3, 0.4) is 0 Å². The second-order valence-corrected chi connectivity index (χ2v) is 12.7. The summed E-state index contributed by atoms with van der Waals surface area (Å²) in [5.74, 6) is -2.85. The van der Waals surface area contributed by atoms with Crippen molar-refractivity contribution in [3.8, 4) is 0 Å². The number of carbonyl (C=O) groups excluding carboxylic acids is 3. The molecule has 8 atom stereocenters. The van der Waals surface area contributed by atoms with Crippen molar-refractivity contribution in [1.29, 1.82) is 0 Å². The fraction of sp³-hybridized carbons (Fsp3) is 0.733. The van der Waals surface area contributed by atoms with Crippen LogP contribution in [-0.2, 0) is 37.3 Å². The first-order chi connectivity index (χ1) is 18.3. The average molecular weight is 545 g/mol. The molecular weight excluding hydrogens is 503 g/mol. The molecule has 1 unspecified atom stereocenters. The number of halogens is 1. The van der Waals surface area contributed by atoms with E-state index in [0.717, 1.165) is 16.8 Å². The molecule has 1 N–H and O–H groups in total. The highest BCUT2D eigenvalue weighted by molar-refractivity contribution is 5.93. The lowest BCUT2D eigenvalue weighted by atomic mass is 9.43.